The van der Waals surface area contributed by atoms with Gasteiger partial charge in [-0.25, -0.2) is 9.18 Å². The van der Waals surface area contributed by atoms with Crippen molar-refractivity contribution in [3.05, 3.63) is 35.1 Å². The van der Waals surface area contributed by atoms with Gasteiger partial charge in [-0.1, -0.05) is 26.3 Å². The molecule has 0 spiro atoms. The Bertz CT molecular complexity index is 434. The van der Waals surface area contributed by atoms with Gasteiger partial charge in [0.05, 0.1) is 12.7 Å². The van der Waals surface area contributed by atoms with Crippen molar-refractivity contribution in [2.45, 2.75) is 26.8 Å². The summed E-state index contributed by atoms with van der Waals surface area (Å²) in [6, 6.07) is 4.65. The van der Waals surface area contributed by atoms with Crippen molar-refractivity contribution < 1.29 is 13.9 Å². The molecule has 0 aromatic heterocycles. The van der Waals surface area contributed by atoms with Crippen molar-refractivity contribution in [1.82, 2.24) is 4.90 Å². The van der Waals surface area contributed by atoms with E-state index in [1.54, 1.807) is 6.07 Å². The van der Waals surface area contributed by atoms with Crippen LogP contribution < -0.4 is 0 Å². The van der Waals surface area contributed by atoms with Crippen LogP contribution in [0.2, 0.25) is 0 Å². The highest BCUT2D eigenvalue weighted by atomic mass is 19.1. The van der Waals surface area contributed by atoms with Gasteiger partial charge >= 0.3 is 5.97 Å². The fraction of sp³-hybridized carbons (Fsp3) is 0.533. The third-order valence-corrected chi connectivity index (χ3v) is 3.21. The maximum absolute atomic E-state index is 13.7. The number of benzene rings is 1. The molecule has 0 aliphatic rings. The molecule has 1 rings (SSSR count). The summed E-state index contributed by atoms with van der Waals surface area (Å²) in [7, 11) is 3.26. The van der Waals surface area contributed by atoms with E-state index in [0.717, 1.165) is 18.5 Å². The zero-order valence-electron chi connectivity index (χ0n) is 12.1. The Labute approximate surface area is 114 Å². The molecule has 3 nitrogen and oxygen atoms in total. The van der Waals surface area contributed by atoms with Crippen LogP contribution in [0.25, 0.3) is 0 Å². The SMILES string of the molecule is CCC(C)CN(C)Cc1ccc(C(=O)OC)c(F)c1. The summed E-state index contributed by atoms with van der Waals surface area (Å²) >= 11 is 0. The number of methoxy groups -OCH3 is 1. The van der Waals surface area contributed by atoms with Crippen LogP contribution in [0, 0.1) is 11.7 Å². The van der Waals surface area contributed by atoms with Gasteiger partial charge in [0.2, 0.25) is 0 Å². The number of carbonyl (C=O) groups is 1. The van der Waals surface area contributed by atoms with Crippen molar-refractivity contribution >= 4 is 5.97 Å². The van der Waals surface area contributed by atoms with Gasteiger partial charge in [0.15, 0.2) is 0 Å². The second-order valence-electron chi connectivity index (χ2n) is 5.02. The topological polar surface area (TPSA) is 29.5 Å². The molecule has 1 unspecified atom stereocenters. The van der Waals surface area contributed by atoms with Crippen LogP contribution in [0.3, 0.4) is 0 Å². The summed E-state index contributed by atoms with van der Waals surface area (Å²) in [4.78, 5) is 13.4. The zero-order valence-corrected chi connectivity index (χ0v) is 12.1. The van der Waals surface area contributed by atoms with Gasteiger partial charge in [0.25, 0.3) is 0 Å². The minimum atomic E-state index is -0.642. The van der Waals surface area contributed by atoms with E-state index in [9.17, 15) is 9.18 Å². The fourth-order valence-corrected chi connectivity index (χ4v) is 1.97. The number of hydrogen-bond donors (Lipinski definition) is 0. The average molecular weight is 267 g/mol. The average Bonchev–Trinajstić information content (AvgIpc) is 2.37. The Morgan fingerprint density at radius 2 is 2.16 bits per heavy atom. The minimum Gasteiger partial charge on any atom is -0.465 e. The first kappa shape index (κ1) is 15.6. The van der Waals surface area contributed by atoms with Crippen molar-refractivity contribution in [3.63, 3.8) is 0 Å². The number of rotatable bonds is 6. The second kappa shape index (κ2) is 7.24. The lowest BCUT2D eigenvalue weighted by Crippen LogP contribution is -2.23. The molecule has 0 aliphatic heterocycles. The standard InChI is InChI=1S/C15H22FNO2/c1-5-11(2)9-17(3)10-12-6-7-13(14(16)8-12)15(18)19-4/h6-8,11H,5,9-10H2,1-4H3. The van der Waals surface area contributed by atoms with E-state index < -0.39 is 11.8 Å². The summed E-state index contributed by atoms with van der Waals surface area (Å²) in [5, 5.41) is 0. The molecule has 0 amide bonds. The summed E-state index contributed by atoms with van der Waals surface area (Å²) in [6.07, 6.45) is 1.12. The van der Waals surface area contributed by atoms with E-state index in [1.165, 1.54) is 19.2 Å². The molecule has 1 atom stereocenters. The highest BCUT2D eigenvalue weighted by molar-refractivity contribution is 5.89. The lowest BCUT2D eigenvalue weighted by molar-refractivity contribution is 0.0595. The van der Waals surface area contributed by atoms with E-state index in [0.29, 0.717) is 12.5 Å². The molecule has 0 radical (unpaired) electrons. The number of halogens is 1. The van der Waals surface area contributed by atoms with Crippen molar-refractivity contribution in [3.8, 4) is 0 Å². The smallest absolute Gasteiger partial charge is 0.340 e. The van der Waals surface area contributed by atoms with Gasteiger partial charge in [-0.15, -0.1) is 0 Å². The van der Waals surface area contributed by atoms with E-state index in [4.69, 9.17) is 0 Å². The van der Waals surface area contributed by atoms with Gasteiger partial charge in [-0.3, -0.25) is 0 Å². The predicted octanol–water partition coefficient (Wildman–Crippen LogP) is 3.09. The molecule has 0 N–H and O–H groups in total. The first-order valence-electron chi connectivity index (χ1n) is 6.53. The maximum atomic E-state index is 13.7. The second-order valence-corrected chi connectivity index (χ2v) is 5.02. The van der Waals surface area contributed by atoms with Gasteiger partial charge in [-0.05, 0) is 30.7 Å². The van der Waals surface area contributed by atoms with Crippen LogP contribution in [-0.2, 0) is 11.3 Å². The van der Waals surface area contributed by atoms with Crippen LogP contribution in [0.5, 0.6) is 0 Å². The largest absolute Gasteiger partial charge is 0.465 e. The van der Waals surface area contributed by atoms with E-state index >= 15 is 0 Å². The third-order valence-electron chi connectivity index (χ3n) is 3.21. The highest BCUT2D eigenvalue weighted by Crippen LogP contribution is 2.14. The van der Waals surface area contributed by atoms with Crippen LogP contribution in [0.4, 0.5) is 4.39 Å². The number of nitrogens with zero attached hydrogens (tertiary/aromatic N) is 1. The van der Waals surface area contributed by atoms with Gasteiger partial charge in [0, 0.05) is 13.1 Å². The Kier molecular flexibility index (Phi) is 5.96. The Morgan fingerprint density at radius 1 is 1.47 bits per heavy atom. The molecular formula is C15H22FNO2. The molecule has 0 saturated carbocycles. The van der Waals surface area contributed by atoms with Gasteiger partial charge < -0.3 is 9.64 Å². The molecule has 0 saturated heterocycles. The maximum Gasteiger partial charge on any atom is 0.340 e. The summed E-state index contributed by atoms with van der Waals surface area (Å²) in [5.41, 5.74) is 0.840. The molecule has 106 valence electrons. The predicted molar refractivity (Wildman–Crippen MR) is 73.5 cm³/mol. The first-order valence-corrected chi connectivity index (χ1v) is 6.53. The van der Waals surface area contributed by atoms with Crippen molar-refractivity contribution in [2.24, 2.45) is 5.92 Å². The van der Waals surface area contributed by atoms with Gasteiger partial charge in [0.1, 0.15) is 5.82 Å². The van der Waals surface area contributed by atoms with Gasteiger partial charge in [-0.2, -0.15) is 0 Å². The lowest BCUT2D eigenvalue weighted by atomic mass is 10.1. The number of esters is 1. The number of hydrogen-bond acceptors (Lipinski definition) is 3. The normalized spacial score (nSPS) is 12.5. The highest BCUT2D eigenvalue weighted by Gasteiger charge is 2.13. The van der Waals surface area contributed by atoms with Crippen molar-refractivity contribution in [2.75, 3.05) is 20.7 Å². The van der Waals surface area contributed by atoms with Crippen LogP contribution in [0.15, 0.2) is 18.2 Å². The van der Waals surface area contributed by atoms with E-state index in [1.807, 2.05) is 7.05 Å². The molecule has 1 aromatic rings. The molecule has 0 aliphatic carbocycles. The summed E-state index contributed by atoms with van der Waals surface area (Å²) in [5.74, 6) is -0.553. The number of carbonyl (C=O) groups excluding carboxylic acids is 1. The Hall–Kier alpha value is -1.42. The van der Waals surface area contributed by atoms with Crippen molar-refractivity contribution in [1.29, 1.82) is 0 Å². The number of ether oxygens (including phenoxy) is 1. The fourth-order valence-electron chi connectivity index (χ4n) is 1.97. The molecule has 1 aromatic carbocycles. The Balaban J connectivity index is 2.70. The summed E-state index contributed by atoms with van der Waals surface area (Å²) < 4.78 is 18.3. The van der Waals surface area contributed by atoms with Crippen LogP contribution in [-0.4, -0.2) is 31.6 Å². The zero-order chi connectivity index (χ0) is 14.4. The van der Waals surface area contributed by atoms with Crippen LogP contribution >= 0.6 is 0 Å². The van der Waals surface area contributed by atoms with E-state index in [2.05, 4.69) is 23.5 Å². The lowest BCUT2D eigenvalue weighted by Gasteiger charge is -2.20. The summed E-state index contributed by atoms with van der Waals surface area (Å²) in [6.45, 7) is 5.99. The quantitative estimate of drug-likeness (QED) is 0.742. The first-order chi connectivity index (χ1) is 8.97. The third kappa shape index (κ3) is 4.63. The molecular weight excluding hydrogens is 245 g/mol. The van der Waals surface area contributed by atoms with Crippen LogP contribution in [0.1, 0.15) is 36.2 Å². The Morgan fingerprint density at radius 3 is 2.68 bits per heavy atom. The molecule has 0 heterocycles. The molecule has 0 bridgehead atoms. The monoisotopic (exact) mass is 267 g/mol. The minimum absolute atomic E-state index is 0.0178. The molecule has 0 fully saturated rings. The van der Waals surface area contributed by atoms with E-state index in [-0.39, 0.29) is 5.56 Å². The molecule has 4 heteroatoms. The molecule has 19 heavy (non-hydrogen) atoms.